The molecule has 0 heterocycles. The number of rotatable bonds is 5. The van der Waals surface area contributed by atoms with Crippen molar-refractivity contribution in [1.29, 1.82) is 0 Å². The number of hydrogen-bond donors (Lipinski definition) is 1. The first-order chi connectivity index (χ1) is 7.51. The van der Waals surface area contributed by atoms with E-state index in [0.717, 1.165) is 17.9 Å². The van der Waals surface area contributed by atoms with E-state index in [9.17, 15) is 0 Å². The monoisotopic (exact) mass is 243 g/mol. The lowest BCUT2D eigenvalue weighted by Gasteiger charge is -2.44. The van der Waals surface area contributed by atoms with Crippen LogP contribution in [-0.2, 0) is 0 Å². The van der Waals surface area contributed by atoms with Crippen molar-refractivity contribution in [3.8, 4) is 0 Å². The minimum absolute atomic E-state index is 0.497. The molecule has 1 N–H and O–H groups in total. The van der Waals surface area contributed by atoms with E-state index in [4.69, 9.17) is 0 Å². The highest BCUT2D eigenvalue weighted by molar-refractivity contribution is 7.98. The Balaban J connectivity index is 2.61. The Morgan fingerprint density at radius 1 is 1.31 bits per heavy atom. The fourth-order valence-corrected chi connectivity index (χ4v) is 3.92. The predicted molar refractivity (Wildman–Crippen MR) is 76.1 cm³/mol. The molecular weight excluding hydrogens is 214 g/mol. The summed E-state index contributed by atoms with van der Waals surface area (Å²) in [6, 6.07) is 0.737. The van der Waals surface area contributed by atoms with Gasteiger partial charge in [0.05, 0.1) is 0 Å². The molecule has 1 aliphatic carbocycles. The van der Waals surface area contributed by atoms with Gasteiger partial charge in [0.1, 0.15) is 0 Å². The number of nitrogens with one attached hydrogen (secondary N) is 1. The van der Waals surface area contributed by atoms with Crippen molar-refractivity contribution in [2.45, 2.75) is 52.5 Å². The Kier molecular flexibility index (Phi) is 5.66. The van der Waals surface area contributed by atoms with E-state index in [1.54, 1.807) is 0 Å². The van der Waals surface area contributed by atoms with Gasteiger partial charge in [0, 0.05) is 6.04 Å². The maximum Gasteiger partial charge on any atom is 0.00999 e. The molecule has 3 atom stereocenters. The van der Waals surface area contributed by atoms with Gasteiger partial charge in [0.2, 0.25) is 0 Å². The molecule has 1 rings (SSSR count). The molecule has 0 aromatic rings. The van der Waals surface area contributed by atoms with Crippen LogP contribution >= 0.6 is 11.8 Å². The van der Waals surface area contributed by atoms with E-state index in [1.165, 1.54) is 31.4 Å². The fraction of sp³-hybridized carbons (Fsp3) is 1.00. The smallest absolute Gasteiger partial charge is 0.00999 e. The molecule has 1 aliphatic rings. The van der Waals surface area contributed by atoms with Crippen LogP contribution in [0.3, 0.4) is 0 Å². The van der Waals surface area contributed by atoms with Crippen LogP contribution in [0.15, 0.2) is 0 Å². The highest BCUT2D eigenvalue weighted by Gasteiger charge is 2.37. The average molecular weight is 243 g/mol. The van der Waals surface area contributed by atoms with Gasteiger partial charge in [0.25, 0.3) is 0 Å². The van der Waals surface area contributed by atoms with Crippen LogP contribution in [0.25, 0.3) is 0 Å². The van der Waals surface area contributed by atoms with E-state index >= 15 is 0 Å². The van der Waals surface area contributed by atoms with Crippen molar-refractivity contribution >= 4 is 11.8 Å². The van der Waals surface area contributed by atoms with Crippen molar-refractivity contribution < 1.29 is 0 Å². The number of thioether (sulfide) groups is 1. The highest BCUT2D eigenvalue weighted by Crippen LogP contribution is 2.42. The Labute approximate surface area is 106 Å². The third kappa shape index (κ3) is 3.66. The van der Waals surface area contributed by atoms with Gasteiger partial charge in [-0.2, -0.15) is 11.8 Å². The van der Waals surface area contributed by atoms with Gasteiger partial charge in [-0.05, 0) is 55.6 Å². The van der Waals surface area contributed by atoms with E-state index in [0.29, 0.717) is 5.41 Å². The molecule has 0 spiro atoms. The van der Waals surface area contributed by atoms with E-state index < -0.39 is 0 Å². The standard InChI is InChI=1S/C14H29NS/c1-11-6-7-12(13(10-11)15-4)14(2,3)8-9-16-5/h11-13,15H,6-10H2,1-5H3. The second kappa shape index (κ2) is 6.30. The molecule has 3 unspecified atom stereocenters. The molecule has 0 amide bonds. The molecule has 0 aromatic heterocycles. The summed E-state index contributed by atoms with van der Waals surface area (Å²) in [5.74, 6) is 3.07. The fourth-order valence-electron chi connectivity index (χ4n) is 3.19. The van der Waals surface area contributed by atoms with Crippen LogP contribution in [0.4, 0.5) is 0 Å². The van der Waals surface area contributed by atoms with Crippen LogP contribution in [0.2, 0.25) is 0 Å². The zero-order valence-corrected chi connectivity index (χ0v) is 12.5. The molecule has 0 bridgehead atoms. The minimum Gasteiger partial charge on any atom is -0.317 e. The third-order valence-corrected chi connectivity index (χ3v) is 5.05. The van der Waals surface area contributed by atoms with Gasteiger partial charge in [0.15, 0.2) is 0 Å². The Bertz CT molecular complexity index is 203. The van der Waals surface area contributed by atoms with Gasteiger partial charge in [-0.1, -0.05) is 27.2 Å². The van der Waals surface area contributed by atoms with Crippen molar-refractivity contribution in [3.05, 3.63) is 0 Å². The Morgan fingerprint density at radius 3 is 2.56 bits per heavy atom. The Morgan fingerprint density at radius 2 is 2.00 bits per heavy atom. The molecule has 96 valence electrons. The van der Waals surface area contributed by atoms with Gasteiger partial charge in [-0.25, -0.2) is 0 Å². The normalized spacial score (nSPS) is 31.7. The van der Waals surface area contributed by atoms with Crippen LogP contribution in [0, 0.1) is 17.3 Å². The zero-order chi connectivity index (χ0) is 12.2. The molecule has 0 aliphatic heterocycles. The summed E-state index contributed by atoms with van der Waals surface area (Å²) in [6.45, 7) is 7.33. The lowest BCUT2D eigenvalue weighted by atomic mass is 9.65. The average Bonchev–Trinajstić information content (AvgIpc) is 2.26. The SMILES string of the molecule is CNC1CC(C)CCC1C(C)(C)CCSC. The number of hydrogen-bond acceptors (Lipinski definition) is 2. The summed E-state index contributed by atoms with van der Waals surface area (Å²) in [6.07, 6.45) is 7.77. The van der Waals surface area contributed by atoms with Crippen LogP contribution < -0.4 is 5.32 Å². The molecular formula is C14H29NS. The van der Waals surface area contributed by atoms with Gasteiger partial charge < -0.3 is 5.32 Å². The van der Waals surface area contributed by atoms with Crippen molar-refractivity contribution in [1.82, 2.24) is 5.32 Å². The molecule has 0 aromatic carbocycles. The third-order valence-electron chi connectivity index (χ3n) is 4.44. The van der Waals surface area contributed by atoms with Crippen molar-refractivity contribution in [2.24, 2.45) is 17.3 Å². The molecule has 1 saturated carbocycles. The summed E-state index contributed by atoms with van der Waals surface area (Å²) < 4.78 is 0. The van der Waals surface area contributed by atoms with Crippen LogP contribution in [0.5, 0.6) is 0 Å². The second-order valence-electron chi connectivity index (χ2n) is 6.15. The minimum atomic E-state index is 0.497. The second-order valence-corrected chi connectivity index (χ2v) is 7.14. The highest BCUT2D eigenvalue weighted by atomic mass is 32.2. The maximum atomic E-state index is 3.56. The summed E-state index contributed by atoms with van der Waals surface area (Å²) in [4.78, 5) is 0. The van der Waals surface area contributed by atoms with Crippen LogP contribution in [-0.4, -0.2) is 25.1 Å². The molecule has 1 nitrogen and oxygen atoms in total. The van der Waals surface area contributed by atoms with Crippen LogP contribution in [0.1, 0.15) is 46.5 Å². The van der Waals surface area contributed by atoms with E-state index in [2.05, 4.69) is 39.4 Å². The van der Waals surface area contributed by atoms with E-state index in [1.807, 2.05) is 11.8 Å². The summed E-state index contributed by atoms with van der Waals surface area (Å²) in [5, 5.41) is 3.56. The Hall–Kier alpha value is 0.310. The lowest BCUT2D eigenvalue weighted by molar-refractivity contribution is 0.0956. The predicted octanol–water partition coefficient (Wildman–Crippen LogP) is 3.79. The first kappa shape index (κ1) is 14.4. The first-order valence-electron chi connectivity index (χ1n) is 6.67. The maximum absolute atomic E-state index is 3.56. The molecule has 16 heavy (non-hydrogen) atoms. The summed E-state index contributed by atoms with van der Waals surface area (Å²) in [7, 11) is 2.14. The van der Waals surface area contributed by atoms with Gasteiger partial charge in [-0.15, -0.1) is 0 Å². The van der Waals surface area contributed by atoms with E-state index in [-0.39, 0.29) is 0 Å². The van der Waals surface area contributed by atoms with Gasteiger partial charge in [-0.3, -0.25) is 0 Å². The topological polar surface area (TPSA) is 12.0 Å². The first-order valence-corrected chi connectivity index (χ1v) is 8.07. The van der Waals surface area contributed by atoms with Crippen molar-refractivity contribution in [2.75, 3.05) is 19.1 Å². The zero-order valence-electron chi connectivity index (χ0n) is 11.7. The molecule has 0 saturated heterocycles. The summed E-state index contributed by atoms with van der Waals surface area (Å²) in [5.41, 5.74) is 0.497. The molecule has 2 heteroatoms. The summed E-state index contributed by atoms with van der Waals surface area (Å²) >= 11 is 1.98. The van der Waals surface area contributed by atoms with Crippen molar-refractivity contribution in [3.63, 3.8) is 0 Å². The van der Waals surface area contributed by atoms with Gasteiger partial charge >= 0.3 is 0 Å². The molecule has 1 fully saturated rings. The lowest BCUT2D eigenvalue weighted by Crippen LogP contribution is -2.45. The largest absolute Gasteiger partial charge is 0.317 e. The quantitative estimate of drug-likeness (QED) is 0.788. The molecule has 0 radical (unpaired) electrons.